The van der Waals surface area contributed by atoms with Gasteiger partial charge in [0.05, 0.1) is 13.2 Å². The lowest BCUT2D eigenvalue weighted by molar-refractivity contribution is 0.0891. The topological polar surface area (TPSA) is 29.5 Å². The summed E-state index contributed by atoms with van der Waals surface area (Å²) in [6.07, 6.45) is 2.49. The first-order valence-corrected chi connectivity index (χ1v) is 8.53. The Hall–Kier alpha value is -1.35. The molecule has 122 valence electrons. The molecule has 1 aliphatic rings. The molecule has 1 unspecified atom stereocenters. The monoisotopic (exact) mass is 303 g/mol. The fourth-order valence-corrected chi connectivity index (χ4v) is 3.25. The largest absolute Gasteiger partial charge is 0.494 e. The van der Waals surface area contributed by atoms with E-state index in [1.807, 2.05) is 25.1 Å². The quantitative estimate of drug-likeness (QED) is 0.740. The summed E-state index contributed by atoms with van der Waals surface area (Å²) in [5.74, 6) is 2.11. The normalized spacial score (nSPS) is 19.4. The lowest BCUT2D eigenvalue weighted by Crippen LogP contribution is -2.38. The summed E-state index contributed by atoms with van der Waals surface area (Å²) in [5.41, 5.74) is 1.96. The number of benzene rings is 1. The van der Waals surface area contributed by atoms with E-state index in [4.69, 9.17) is 4.74 Å². The number of rotatable bonds is 6. The number of hydrogen-bond acceptors (Lipinski definition) is 3. The van der Waals surface area contributed by atoms with Gasteiger partial charge in [0.25, 0.3) is 0 Å². The molecule has 0 saturated carbocycles. The van der Waals surface area contributed by atoms with Crippen LogP contribution in [-0.4, -0.2) is 36.9 Å². The molecule has 0 radical (unpaired) electrons. The molecule has 0 amide bonds. The maximum atomic E-state index is 12.7. The van der Waals surface area contributed by atoms with Crippen LogP contribution in [0.25, 0.3) is 0 Å². The summed E-state index contributed by atoms with van der Waals surface area (Å²) in [7, 11) is 0. The average Bonchev–Trinajstić information content (AvgIpc) is 2.47. The van der Waals surface area contributed by atoms with Crippen LogP contribution >= 0.6 is 0 Å². The second-order valence-corrected chi connectivity index (χ2v) is 6.74. The van der Waals surface area contributed by atoms with Crippen LogP contribution < -0.4 is 4.74 Å². The molecule has 1 aromatic carbocycles. The summed E-state index contributed by atoms with van der Waals surface area (Å²) in [5, 5.41) is 0. The maximum absolute atomic E-state index is 12.7. The zero-order chi connectivity index (χ0) is 16.1. The SMILES string of the molecule is CCOc1ccc(C(=O)CN2CCCC(C)C2)c(C(C)C)c1. The Morgan fingerprint density at radius 2 is 2.18 bits per heavy atom. The Bertz CT molecular complexity index is 510. The van der Waals surface area contributed by atoms with E-state index >= 15 is 0 Å². The summed E-state index contributed by atoms with van der Waals surface area (Å²) < 4.78 is 5.57. The first-order valence-electron chi connectivity index (χ1n) is 8.53. The smallest absolute Gasteiger partial charge is 0.177 e. The van der Waals surface area contributed by atoms with Crippen LogP contribution in [0.15, 0.2) is 18.2 Å². The Labute approximate surface area is 134 Å². The van der Waals surface area contributed by atoms with Crippen LogP contribution in [0.1, 0.15) is 62.4 Å². The molecule has 0 spiro atoms. The van der Waals surface area contributed by atoms with Crippen molar-refractivity contribution in [3.8, 4) is 5.75 Å². The molecule has 1 aliphatic heterocycles. The summed E-state index contributed by atoms with van der Waals surface area (Å²) in [6, 6.07) is 5.89. The van der Waals surface area contributed by atoms with Gasteiger partial charge in [0.2, 0.25) is 0 Å². The molecule has 1 saturated heterocycles. The first kappa shape index (κ1) is 17.0. The molecular formula is C19H29NO2. The number of carbonyl (C=O) groups excluding carboxylic acids is 1. The minimum absolute atomic E-state index is 0.237. The molecule has 1 fully saturated rings. The predicted molar refractivity (Wildman–Crippen MR) is 90.9 cm³/mol. The van der Waals surface area contributed by atoms with Gasteiger partial charge in [-0.2, -0.15) is 0 Å². The van der Waals surface area contributed by atoms with Crippen molar-refractivity contribution in [3.63, 3.8) is 0 Å². The second-order valence-electron chi connectivity index (χ2n) is 6.74. The van der Waals surface area contributed by atoms with E-state index in [1.165, 1.54) is 12.8 Å². The van der Waals surface area contributed by atoms with Crippen molar-refractivity contribution in [2.24, 2.45) is 5.92 Å². The first-order chi connectivity index (χ1) is 10.5. The molecular weight excluding hydrogens is 274 g/mol. The predicted octanol–water partition coefficient (Wildman–Crippen LogP) is 4.12. The van der Waals surface area contributed by atoms with Crippen molar-refractivity contribution in [2.45, 2.75) is 46.5 Å². The highest BCUT2D eigenvalue weighted by molar-refractivity contribution is 5.99. The molecule has 2 rings (SSSR count). The van der Waals surface area contributed by atoms with E-state index in [0.717, 1.165) is 30.0 Å². The van der Waals surface area contributed by atoms with Gasteiger partial charge in [-0.3, -0.25) is 9.69 Å². The van der Waals surface area contributed by atoms with Crippen LogP contribution in [0.2, 0.25) is 0 Å². The lowest BCUT2D eigenvalue weighted by Gasteiger charge is -2.30. The Kier molecular flexibility index (Phi) is 6.01. The third kappa shape index (κ3) is 4.33. The van der Waals surface area contributed by atoms with E-state index in [9.17, 15) is 4.79 Å². The lowest BCUT2D eigenvalue weighted by atomic mass is 9.93. The number of hydrogen-bond donors (Lipinski definition) is 0. The molecule has 22 heavy (non-hydrogen) atoms. The molecule has 1 atom stereocenters. The highest BCUT2D eigenvalue weighted by Gasteiger charge is 2.21. The van der Waals surface area contributed by atoms with Gasteiger partial charge in [0.1, 0.15) is 5.75 Å². The standard InChI is InChI=1S/C19H29NO2/c1-5-22-16-8-9-17(18(11-16)14(2)3)19(21)13-20-10-6-7-15(4)12-20/h8-9,11,14-15H,5-7,10,12-13H2,1-4H3. The number of ether oxygens (including phenoxy) is 1. The van der Waals surface area contributed by atoms with Crippen LogP contribution in [0, 0.1) is 5.92 Å². The van der Waals surface area contributed by atoms with Crippen LogP contribution in [-0.2, 0) is 0 Å². The molecule has 3 nitrogen and oxygen atoms in total. The van der Waals surface area contributed by atoms with Crippen molar-refractivity contribution in [3.05, 3.63) is 29.3 Å². The van der Waals surface area contributed by atoms with E-state index in [1.54, 1.807) is 0 Å². The Balaban J connectivity index is 2.14. The van der Waals surface area contributed by atoms with Crippen molar-refractivity contribution < 1.29 is 9.53 Å². The van der Waals surface area contributed by atoms with E-state index in [0.29, 0.717) is 25.0 Å². The summed E-state index contributed by atoms with van der Waals surface area (Å²) in [4.78, 5) is 15.0. The Morgan fingerprint density at radius 3 is 2.82 bits per heavy atom. The molecule has 0 aliphatic carbocycles. The number of nitrogens with zero attached hydrogens (tertiary/aromatic N) is 1. The minimum Gasteiger partial charge on any atom is -0.494 e. The van der Waals surface area contributed by atoms with E-state index in [2.05, 4.69) is 25.7 Å². The van der Waals surface area contributed by atoms with Crippen molar-refractivity contribution >= 4 is 5.78 Å². The van der Waals surface area contributed by atoms with E-state index < -0.39 is 0 Å². The highest BCUT2D eigenvalue weighted by atomic mass is 16.5. The fourth-order valence-electron chi connectivity index (χ4n) is 3.25. The highest BCUT2D eigenvalue weighted by Crippen LogP contribution is 2.26. The number of ketones is 1. The van der Waals surface area contributed by atoms with Gasteiger partial charge < -0.3 is 4.74 Å². The van der Waals surface area contributed by atoms with Crippen LogP contribution in [0.5, 0.6) is 5.75 Å². The summed E-state index contributed by atoms with van der Waals surface area (Å²) in [6.45, 7) is 11.8. The van der Waals surface area contributed by atoms with Gasteiger partial charge in [0, 0.05) is 12.1 Å². The van der Waals surface area contributed by atoms with Crippen LogP contribution in [0.3, 0.4) is 0 Å². The molecule has 0 bridgehead atoms. The number of piperidine rings is 1. The van der Waals surface area contributed by atoms with Crippen molar-refractivity contribution in [1.82, 2.24) is 4.90 Å². The zero-order valence-corrected chi connectivity index (χ0v) is 14.4. The van der Waals surface area contributed by atoms with Crippen molar-refractivity contribution in [1.29, 1.82) is 0 Å². The van der Waals surface area contributed by atoms with Crippen molar-refractivity contribution in [2.75, 3.05) is 26.2 Å². The number of carbonyl (C=O) groups is 1. The van der Waals surface area contributed by atoms with Gasteiger partial charge in [-0.15, -0.1) is 0 Å². The van der Waals surface area contributed by atoms with E-state index in [-0.39, 0.29) is 5.78 Å². The fraction of sp³-hybridized carbons (Fsp3) is 0.632. The third-order valence-corrected chi connectivity index (χ3v) is 4.36. The second kappa shape index (κ2) is 7.77. The number of likely N-dealkylation sites (tertiary alicyclic amines) is 1. The van der Waals surface area contributed by atoms with Gasteiger partial charge in [-0.05, 0) is 61.9 Å². The maximum Gasteiger partial charge on any atom is 0.177 e. The van der Waals surface area contributed by atoms with Gasteiger partial charge in [-0.25, -0.2) is 0 Å². The average molecular weight is 303 g/mol. The van der Waals surface area contributed by atoms with Gasteiger partial charge in [0.15, 0.2) is 5.78 Å². The molecule has 3 heteroatoms. The molecule has 0 aromatic heterocycles. The Morgan fingerprint density at radius 1 is 1.41 bits per heavy atom. The number of Topliss-reactive ketones (excluding diaryl/α,β-unsaturated/α-hetero) is 1. The van der Waals surface area contributed by atoms with Gasteiger partial charge in [-0.1, -0.05) is 20.8 Å². The molecule has 0 N–H and O–H groups in total. The molecule has 1 aromatic rings. The zero-order valence-electron chi connectivity index (χ0n) is 14.4. The third-order valence-electron chi connectivity index (χ3n) is 4.36. The summed E-state index contributed by atoms with van der Waals surface area (Å²) >= 11 is 0. The van der Waals surface area contributed by atoms with Gasteiger partial charge >= 0.3 is 0 Å². The van der Waals surface area contributed by atoms with Crippen LogP contribution in [0.4, 0.5) is 0 Å². The minimum atomic E-state index is 0.237. The molecule has 1 heterocycles.